The van der Waals surface area contributed by atoms with Crippen molar-refractivity contribution in [3.05, 3.63) is 70.8 Å². The fourth-order valence-electron chi connectivity index (χ4n) is 1.75. The van der Waals surface area contributed by atoms with E-state index < -0.39 is 29.4 Å². The number of benzene rings is 2. The molecule has 19 heavy (non-hydrogen) atoms. The van der Waals surface area contributed by atoms with Crippen molar-refractivity contribution < 1.29 is 22.7 Å². The van der Waals surface area contributed by atoms with Gasteiger partial charge in [0.05, 0.1) is 6.10 Å². The highest BCUT2D eigenvalue weighted by atomic mass is 19.2. The monoisotopic (exact) mass is 270 g/mol. The summed E-state index contributed by atoms with van der Waals surface area (Å²) in [6.07, 6.45) is -1.47. The van der Waals surface area contributed by atoms with Crippen molar-refractivity contribution >= 4 is 0 Å². The molecule has 0 aromatic heterocycles. The molecule has 0 radical (unpaired) electrons. The molecule has 0 fully saturated rings. The van der Waals surface area contributed by atoms with E-state index in [0.717, 1.165) is 30.3 Å². The second kappa shape index (κ2) is 5.40. The van der Waals surface area contributed by atoms with Gasteiger partial charge in [-0.3, -0.25) is 0 Å². The number of hydrogen-bond acceptors (Lipinski definition) is 1. The maximum Gasteiger partial charge on any atom is 0.159 e. The number of halogens is 4. The van der Waals surface area contributed by atoms with Gasteiger partial charge in [0, 0.05) is 6.42 Å². The number of aliphatic hydroxyl groups is 1. The molecule has 100 valence electrons. The predicted octanol–water partition coefficient (Wildman–Crippen LogP) is 3.52. The van der Waals surface area contributed by atoms with Crippen molar-refractivity contribution in [3.63, 3.8) is 0 Å². The van der Waals surface area contributed by atoms with Gasteiger partial charge < -0.3 is 5.11 Å². The molecule has 0 saturated carbocycles. The number of hydrogen-bond donors (Lipinski definition) is 1. The summed E-state index contributed by atoms with van der Waals surface area (Å²) in [5, 5.41) is 9.83. The lowest BCUT2D eigenvalue weighted by atomic mass is 10.0. The van der Waals surface area contributed by atoms with E-state index in [0.29, 0.717) is 0 Å². The second-order valence-electron chi connectivity index (χ2n) is 4.13. The average molecular weight is 270 g/mol. The molecule has 1 unspecified atom stereocenters. The molecule has 0 heterocycles. The van der Waals surface area contributed by atoms with Crippen LogP contribution in [0.5, 0.6) is 0 Å². The largest absolute Gasteiger partial charge is 0.388 e. The highest BCUT2D eigenvalue weighted by Crippen LogP contribution is 2.22. The Kier molecular flexibility index (Phi) is 3.85. The van der Waals surface area contributed by atoms with Gasteiger partial charge in [0.25, 0.3) is 0 Å². The molecule has 0 bridgehead atoms. The van der Waals surface area contributed by atoms with Gasteiger partial charge in [-0.05, 0) is 41.5 Å². The zero-order valence-corrected chi connectivity index (χ0v) is 9.71. The Morgan fingerprint density at radius 1 is 0.842 bits per heavy atom. The lowest BCUT2D eigenvalue weighted by Gasteiger charge is -2.12. The lowest BCUT2D eigenvalue weighted by molar-refractivity contribution is 0.176. The standard InChI is InChI=1S/C14H10F4O/c15-10-2-4-11(16)9(5-10)7-14(19)8-1-3-12(17)13(18)6-8/h1-6,14,19H,7H2. The molecule has 5 heteroatoms. The molecule has 0 saturated heterocycles. The van der Waals surface area contributed by atoms with Crippen molar-refractivity contribution in [2.75, 3.05) is 0 Å². The quantitative estimate of drug-likeness (QED) is 0.846. The van der Waals surface area contributed by atoms with Crippen LogP contribution in [0.1, 0.15) is 17.2 Å². The van der Waals surface area contributed by atoms with Gasteiger partial charge in [-0.1, -0.05) is 6.07 Å². The Bertz CT molecular complexity index is 598. The Balaban J connectivity index is 2.22. The third-order valence-electron chi connectivity index (χ3n) is 2.75. The summed E-state index contributed by atoms with van der Waals surface area (Å²) in [6.45, 7) is 0. The van der Waals surface area contributed by atoms with Gasteiger partial charge in [0.1, 0.15) is 11.6 Å². The summed E-state index contributed by atoms with van der Waals surface area (Å²) in [4.78, 5) is 0. The molecule has 0 aliphatic carbocycles. The van der Waals surface area contributed by atoms with Crippen LogP contribution in [0.2, 0.25) is 0 Å². The molecule has 2 rings (SSSR count). The highest BCUT2D eigenvalue weighted by molar-refractivity contribution is 5.25. The van der Waals surface area contributed by atoms with Crippen LogP contribution in [-0.4, -0.2) is 5.11 Å². The van der Waals surface area contributed by atoms with Gasteiger partial charge >= 0.3 is 0 Å². The van der Waals surface area contributed by atoms with Crippen LogP contribution >= 0.6 is 0 Å². The van der Waals surface area contributed by atoms with E-state index in [1.165, 1.54) is 6.07 Å². The van der Waals surface area contributed by atoms with E-state index in [2.05, 4.69) is 0 Å². The van der Waals surface area contributed by atoms with Gasteiger partial charge in [-0.2, -0.15) is 0 Å². The number of aliphatic hydroxyl groups excluding tert-OH is 1. The summed E-state index contributed by atoms with van der Waals surface area (Å²) >= 11 is 0. The summed E-state index contributed by atoms with van der Waals surface area (Å²) in [5.41, 5.74) is 0.0693. The van der Waals surface area contributed by atoms with E-state index in [9.17, 15) is 22.7 Å². The van der Waals surface area contributed by atoms with E-state index in [-0.39, 0.29) is 17.5 Å². The SMILES string of the molecule is OC(Cc1cc(F)ccc1F)c1ccc(F)c(F)c1. The van der Waals surface area contributed by atoms with Crippen molar-refractivity contribution in [1.29, 1.82) is 0 Å². The van der Waals surface area contributed by atoms with Gasteiger partial charge in [-0.15, -0.1) is 0 Å². The van der Waals surface area contributed by atoms with Crippen LogP contribution in [0.3, 0.4) is 0 Å². The molecular formula is C14H10F4O. The van der Waals surface area contributed by atoms with Crippen LogP contribution in [-0.2, 0) is 6.42 Å². The minimum absolute atomic E-state index is 0.0303. The smallest absolute Gasteiger partial charge is 0.159 e. The summed E-state index contributed by atoms with van der Waals surface area (Å²) in [7, 11) is 0. The maximum atomic E-state index is 13.4. The molecule has 0 spiro atoms. The van der Waals surface area contributed by atoms with Crippen LogP contribution < -0.4 is 0 Å². The topological polar surface area (TPSA) is 20.2 Å². The fourth-order valence-corrected chi connectivity index (χ4v) is 1.75. The highest BCUT2D eigenvalue weighted by Gasteiger charge is 2.14. The maximum absolute atomic E-state index is 13.4. The number of rotatable bonds is 3. The predicted molar refractivity (Wildman–Crippen MR) is 61.4 cm³/mol. The Hall–Kier alpha value is -1.88. The Morgan fingerprint density at radius 3 is 2.21 bits per heavy atom. The Morgan fingerprint density at radius 2 is 1.53 bits per heavy atom. The molecule has 0 aliphatic heterocycles. The van der Waals surface area contributed by atoms with Gasteiger partial charge in [0.2, 0.25) is 0 Å². The molecule has 1 N–H and O–H groups in total. The zero-order valence-electron chi connectivity index (χ0n) is 9.71. The lowest BCUT2D eigenvalue weighted by Crippen LogP contribution is -2.05. The van der Waals surface area contributed by atoms with E-state index in [1.54, 1.807) is 0 Å². The van der Waals surface area contributed by atoms with Crippen LogP contribution in [0.4, 0.5) is 17.6 Å². The zero-order chi connectivity index (χ0) is 14.0. The molecule has 0 amide bonds. The summed E-state index contributed by atoms with van der Waals surface area (Å²) < 4.78 is 52.1. The van der Waals surface area contributed by atoms with Crippen LogP contribution in [0.15, 0.2) is 36.4 Å². The molecule has 0 aliphatic rings. The van der Waals surface area contributed by atoms with Gasteiger partial charge in [0.15, 0.2) is 11.6 Å². The minimum atomic E-state index is -1.24. The van der Waals surface area contributed by atoms with Crippen molar-refractivity contribution in [2.45, 2.75) is 12.5 Å². The third-order valence-corrected chi connectivity index (χ3v) is 2.75. The Labute approximate surface area is 107 Å². The first-order chi connectivity index (χ1) is 8.97. The van der Waals surface area contributed by atoms with Gasteiger partial charge in [-0.25, -0.2) is 17.6 Å². The molecule has 1 atom stereocenters. The van der Waals surface area contributed by atoms with Crippen molar-refractivity contribution in [2.24, 2.45) is 0 Å². The minimum Gasteiger partial charge on any atom is -0.388 e. The second-order valence-corrected chi connectivity index (χ2v) is 4.13. The molecule has 1 nitrogen and oxygen atoms in total. The molecule has 2 aromatic rings. The van der Waals surface area contributed by atoms with E-state index >= 15 is 0 Å². The normalized spacial score (nSPS) is 12.5. The third kappa shape index (κ3) is 3.12. The summed E-state index contributed by atoms with van der Waals surface area (Å²) in [6, 6.07) is 5.76. The average Bonchev–Trinajstić information content (AvgIpc) is 2.37. The first-order valence-electron chi connectivity index (χ1n) is 5.54. The van der Waals surface area contributed by atoms with Crippen molar-refractivity contribution in [3.8, 4) is 0 Å². The fraction of sp³-hybridized carbons (Fsp3) is 0.143. The van der Waals surface area contributed by atoms with E-state index in [1.807, 2.05) is 0 Å². The summed E-state index contributed by atoms with van der Waals surface area (Å²) in [5.74, 6) is -3.43. The molecule has 2 aromatic carbocycles. The van der Waals surface area contributed by atoms with E-state index in [4.69, 9.17) is 0 Å². The first kappa shape index (κ1) is 13.5. The van der Waals surface area contributed by atoms with Crippen LogP contribution in [0.25, 0.3) is 0 Å². The molecular weight excluding hydrogens is 260 g/mol. The first-order valence-corrected chi connectivity index (χ1v) is 5.54. The van der Waals surface area contributed by atoms with Crippen LogP contribution in [0, 0.1) is 23.3 Å². The van der Waals surface area contributed by atoms with Crippen molar-refractivity contribution in [1.82, 2.24) is 0 Å².